The molecule has 2 aromatic carbocycles. The van der Waals surface area contributed by atoms with Crippen LogP contribution in [0.25, 0.3) is 16.7 Å². The Morgan fingerprint density at radius 3 is 2.03 bits per heavy atom. The van der Waals surface area contributed by atoms with Gasteiger partial charge in [0.15, 0.2) is 0 Å². The molecular formula is C25H35N3O. The predicted molar refractivity (Wildman–Crippen MR) is 121 cm³/mol. The number of unbranched alkanes of at least 4 members (excludes halogenated alkanes) is 7. The SMILES string of the molecule is CCCCCCCCCc1cc(CCCC)cc(-n2nc3ccccc3n2)c1O. The minimum absolute atomic E-state index is 0.330. The van der Waals surface area contributed by atoms with Gasteiger partial charge in [0.05, 0.1) is 0 Å². The Balaban J connectivity index is 1.77. The molecule has 0 saturated carbocycles. The fourth-order valence-electron chi connectivity index (χ4n) is 3.85. The molecule has 0 aliphatic carbocycles. The molecule has 0 saturated heterocycles. The number of aromatic nitrogens is 3. The lowest BCUT2D eigenvalue weighted by Gasteiger charge is -2.13. The summed E-state index contributed by atoms with van der Waals surface area (Å²) in [6.45, 7) is 4.46. The molecule has 1 aromatic heterocycles. The summed E-state index contributed by atoms with van der Waals surface area (Å²) in [4.78, 5) is 1.60. The molecule has 3 rings (SSSR count). The van der Waals surface area contributed by atoms with Crippen molar-refractivity contribution < 1.29 is 5.11 Å². The third-order valence-corrected chi connectivity index (χ3v) is 5.60. The summed E-state index contributed by atoms with van der Waals surface area (Å²) in [6.07, 6.45) is 13.2. The van der Waals surface area contributed by atoms with E-state index in [1.807, 2.05) is 24.3 Å². The van der Waals surface area contributed by atoms with Crippen LogP contribution in [-0.4, -0.2) is 20.1 Å². The molecule has 0 radical (unpaired) electrons. The van der Waals surface area contributed by atoms with Crippen molar-refractivity contribution in [1.29, 1.82) is 0 Å². The van der Waals surface area contributed by atoms with Gasteiger partial charge in [-0.05, 0) is 55.0 Å². The summed E-state index contributed by atoms with van der Waals surface area (Å²) >= 11 is 0. The van der Waals surface area contributed by atoms with Crippen LogP contribution < -0.4 is 0 Å². The molecule has 0 fully saturated rings. The van der Waals surface area contributed by atoms with Crippen molar-refractivity contribution in [1.82, 2.24) is 15.0 Å². The van der Waals surface area contributed by atoms with E-state index in [2.05, 4.69) is 36.2 Å². The van der Waals surface area contributed by atoms with E-state index in [9.17, 15) is 5.11 Å². The van der Waals surface area contributed by atoms with E-state index in [-0.39, 0.29) is 0 Å². The van der Waals surface area contributed by atoms with Gasteiger partial charge in [-0.3, -0.25) is 0 Å². The van der Waals surface area contributed by atoms with Gasteiger partial charge >= 0.3 is 0 Å². The van der Waals surface area contributed by atoms with Crippen LogP contribution in [0, 0.1) is 0 Å². The summed E-state index contributed by atoms with van der Waals surface area (Å²) in [5.74, 6) is 0.330. The molecule has 4 heteroatoms. The Bertz CT molecular complexity index is 867. The van der Waals surface area contributed by atoms with E-state index in [0.717, 1.165) is 48.7 Å². The molecule has 0 spiro atoms. The number of phenols is 1. The molecule has 0 bridgehead atoms. The lowest BCUT2D eigenvalue weighted by atomic mass is 9.98. The van der Waals surface area contributed by atoms with E-state index >= 15 is 0 Å². The van der Waals surface area contributed by atoms with Gasteiger partial charge in [-0.1, -0.05) is 77.0 Å². The third kappa shape index (κ3) is 5.81. The van der Waals surface area contributed by atoms with Crippen LogP contribution >= 0.6 is 0 Å². The van der Waals surface area contributed by atoms with Crippen LogP contribution in [0.1, 0.15) is 82.8 Å². The highest BCUT2D eigenvalue weighted by molar-refractivity contribution is 5.73. The zero-order valence-corrected chi connectivity index (χ0v) is 18.0. The second-order valence-corrected chi connectivity index (χ2v) is 8.08. The van der Waals surface area contributed by atoms with Gasteiger partial charge in [0.2, 0.25) is 0 Å². The first-order chi connectivity index (χ1) is 14.2. The van der Waals surface area contributed by atoms with Crippen molar-refractivity contribution in [2.75, 3.05) is 0 Å². The maximum Gasteiger partial charge on any atom is 0.146 e. The van der Waals surface area contributed by atoms with Crippen molar-refractivity contribution in [3.63, 3.8) is 0 Å². The summed E-state index contributed by atoms with van der Waals surface area (Å²) in [6, 6.07) is 12.1. The Kier molecular flexibility index (Phi) is 8.09. The van der Waals surface area contributed by atoms with E-state index in [0.29, 0.717) is 11.4 Å². The molecule has 0 aliphatic heterocycles. The Morgan fingerprint density at radius 2 is 1.38 bits per heavy atom. The number of aromatic hydroxyl groups is 1. The van der Waals surface area contributed by atoms with Crippen LogP contribution in [0.15, 0.2) is 36.4 Å². The summed E-state index contributed by atoms with van der Waals surface area (Å²) in [5.41, 5.74) is 4.69. The lowest BCUT2D eigenvalue weighted by Crippen LogP contribution is -2.03. The van der Waals surface area contributed by atoms with Gasteiger partial charge in [-0.2, -0.15) is 0 Å². The van der Waals surface area contributed by atoms with E-state index < -0.39 is 0 Å². The molecule has 1 N–H and O–H groups in total. The molecule has 0 atom stereocenters. The van der Waals surface area contributed by atoms with Crippen molar-refractivity contribution >= 4 is 11.0 Å². The highest BCUT2D eigenvalue weighted by Crippen LogP contribution is 2.30. The number of hydrogen-bond donors (Lipinski definition) is 1. The third-order valence-electron chi connectivity index (χ3n) is 5.60. The monoisotopic (exact) mass is 393 g/mol. The maximum atomic E-state index is 11.0. The maximum absolute atomic E-state index is 11.0. The molecule has 1 heterocycles. The minimum atomic E-state index is 0.330. The molecule has 3 aromatic rings. The number of rotatable bonds is 12. The fraction of sp³-hybridized carbons (Fsp3) is 0.520. The molecule has 0 unspecified atom stereocenters. The van der Waals surface area contributed by atoms with Crippen molar-refractivity contribution in [3.8, 4) is 11.4 Å². The van der Waals surface area contributed by atoms with Crippen LogP contribution in [0.3, 0.4) is 0 Å². The zero-order valence-electron chi connectivity index (χ0n) is 18.0. The molecule has 29 heavy (non-hydrogen) atoms. The smallest absolute Gasteiger partial charge is 0.146 e. The first-order valence-electron chi connectivity index (χ1n) is 11.4. The fourth-order valence-corrected chi connectivity index (χ4v) is 3.85. The molecule has 156 valence electrons. The van der Waals surface area contributed by atoms with Crippen LogP contribution in [0.2, 0.25) is 0 Å². The van der Waals surface area contributed by atoms with E-state index in [1.165, 1.54) is 44.1 Å². The molecule has 4 nitrogen and oxygen atoms in total. The van der Waals surface area contributed by atoms with Gasteiger partial charge in [0.1, 0.15) is 22.5 Å². The first kappa shape index (κ1) is 21.4. The quantitative estimate of drug-likeness (QED) is 0.346. The van der Waals surface area contributed by atoms with Crippen LogP contribution in [-0.2, 0) is 12.8 Å². The van der Waals surface area contributed by atoms with Gasteiger partial charge in [-0.25, -0.2) is 0 Å². The largest absolute Gasteiger partial charge is 0.505 e. The highest BCUT2D eigenvalue weighted by atomic mass is 16.3. The number of benzene rings is 2. The Labute approximate surface area is 175 Å². The predicted octanol–water partition coefficient (Wildman–Crippen LogP) is 6.76. The van der Waals surface area contributed by atoms with Crippen molar-refractivity contribution in [2.45, 2.75) is 84.5 Å². The van der Waals surface area contributed by atoms with Gasteiger partial charge in [-0.15, -0.1) is 15.0 Å². The average molecular weight is 394 g/mol. The van der Waals surface area contributed by atoms with Gasteiger partial charge < -0.3 is 5.11 Å². The second kappa shape index (κ2) is 11.0. The Morgan fingerprint density at radius 1 is 0.759 bits per heavy atom. The number of fused-ring (bicyclic) bond motifs is 1. The molecule has 0 amide bonds. The highest BCUT2D eigenvalue weighted by Gasteiger charge is 2.14. The van der Waals surface area contributed by atoms with E-state index in [1.54, 1.807) is 4.80 Å². The Hall–Kier alpha value is -2.36. The van der Waals surface area contributed by atoms with Gasteiger partial charge in [0.25, 0.3) is 0 Å². The summed E-state index contributed by atoms with van der Waals surface area (Å²) < 4.78 is 0. The molecular weight excluding hydrogens is 358 g/mol. The standard InChI is InChI=1S/C25H35N3O/c1-3-5-7-8-9-10-11-15-21-18-20(14-6-4-2)19-24(25(21)29)28-26-22-16-12-13-17-23(22)27-28/h12-13,16-19,29H,3-11,14-15H2,1-2H3. The normalized spacial score (nSPS) is 11.4. The van der Waals surface area contributed by atoms with Crippen LogP contribution in [0.5, 0.6) is 5.75 Å². The average Bonchev–Trinajstić information content (AvgIpc) is 3.17. The van der Waals surface area contributed by atoms with Crippen molar-refractivity contribution in [2.24, 2.45) is 0 Å². The minimum Gasteiger partial charge on any atom is -0.505 e. The zero-order chi connectivity index (χ0) is 20.5. The number of hydrogen-bond acceptors (Lipinski definition) is 3. The van der Waals surface area contributed by atoms with E-state index in [4.69, 9.17) is 0 Å². The number of phenolic OH excluding ortho intramolecular Hbond substituents is 1. The molecule has 0 aliphatic rings. The lowest BCUT2D eigenvalue weighted by molar-refractivity contribution is 0.458. The van der Waals surface area contributed by atoms with Crippen molar-refractivity contribution in [3.05, 3.63) is 47.5 Å². The van der Waals surface area contributed by atoms with Gasteiger partial charge in [0, 0.05) is 0 Å². The second-order valence-electron chi connectivity index (χ2n) is 8.08. The summed E-state index contributed by atoms with van der Waals surface area (Å²) in [7, 11) is 0. The number of nitrogens with zero attached hydrogens (tertiary/aromatic N) is 3. The number of aryl methyl sites for hydroxylation is 2. The summed E-state index contributed by atoms with van der Waals surface area (Å²) in [5, 5.41) is 20.2. The topological polar surface area (TPSA) is 50.9 Å². The first-order valence-corrected chi connectivity index (χ1v) is 11.4. The van der Waals surface area contributed by atoms with Crippen LogP contribution in [0.4, 0.5) is 0 Å².